The summed E-state index contributed by atoms with van der Waals surface area (Å²) in [6.07, 6.45) is -3.10. The molecule has 1 aliphatic rings. The maximum absolute atomic E-state index is 13.9. The molecule has 18 heteroatoms. The molecule has 1 aliphatic carbocycles. The molecule has 0 unspecified atom stereocenters. The third-order valence-corrected chi connectivity index (χ3v) is 6.25. The number of halogens is 6. The molecule has 3 heterocycles. The molecule has 246 valence electrons. The first kappa shape index (κ1) is 33.7. The molecular weight excluding hydrogens is 630 g/mol. The molecule has 0 saturated carbocycles. The number of oxazole rings is 1. The molecule has 12 nitrogen and oxygen atoms in total. The summed E-state index contributed by atoms with van der Waals surface area (Å²) in [5, 5.41) is 14.8. The molecule has 3 aromatic rings. The van der Waals surface area contributed by atoms with Gasteiger partial charge in [-0.15, -0.1) is 0 Å². The second kappa shape index (κ2) is 12.0. The molecule has 2 N–H and O–H groups in total. The third-order valence-electron chi connectivity index (χ3n) is 6.25. The van der Waals surface area contributed by atoms with Crippen LogP contribution >= 0.6 is 0 Å². The van der Waals surface area contributed by atoms with Crippen molar-refractivity contribution >= 4 is 29.5 Å². The Labute approximate surface area is 256 Å². The fraction of sp³-hybridized carbons (Fsp3) is 0.357. The number of aliphatic carboxylic acids is 1. The van der Waals surface area contributed by atoms with E-state index in [4.69, 9.17) is 14.3 Å². The summed E-state index contributed by atoms with van der Waals surface area (Å²) in [5.74, 6) is -4.09. The van der Waals surface area contributed by atoms with E-state index in [0.717, 1.165) is 29.4 Å². The van der Waals surface area contributed by atoms with Crippen LogP contribution in [-0.4, -0.2) is 61.1 Å². The topological polar surface area (TPSA) is 153 Å². The molecule has 0 spiro atoms. The lowest BCUT2D eigenvalue weighted by atomic mass is 9.91. The van der Waals surface area contributed by atoms with Crippen LogP contribution in [0.4, 0.5) is 42.6 Å². The fourth-order valence-electron chi connectivity index (χ4n) is 4.09. The summed E-state index contributed by atoms with van der Waals surface area (Å²) in [6, 6.07) is 2.28. The number of carbonyl (C=O) groups excluding carboxylic acids is 2. The zero-order valence-corrected chi connectivity index (χ0v) is 24.5. The molecule has 0 fully saturated rings. The molecule has 46 heavy (non-hydrogen) atoms. The van der Waals surface area contributed by atoms with Crippen molar-refractivity contribution in [2.24, 2.45) is 5.92 Å². The van der Waals surface area contributed by atoms with Crippen molar-refractivity contribution in [2.75, 3.05) is 16.8 Å². The number of rotatable bonds is 7. The van der Waals surface area contributed by atoms with E-state index in [1.54, 1.807) is 0 Å². The highest BCUT2D eigenvalue weighted by Crippen LogP contribution is 2.37. The largest absolute Gasteiger partial charge is 0.481 e. The number of amides is 2. The van der Waals surface area contributed by atoms with Gasteiger partial charge in [-0.3, -0.25) is 19.2 Å². The first-order valence-corrected chi connectivity index (χ1v) is 13.2. The van der Waals surface area contributed by atoms with Crippen molar-refractivity contribution in [3.63, 3.8) is 0 Å². The lowest BCUT2D eigenvalue weighted by Gasteiger charge is -2.27. The van der Waals surface area contributed by atoms with Gasteiger partial charge >= 0.3 is 24.4 Å². The van der Waals surface area contributed by atoms with Gasteiger partial charge < -0.3 is 19.6 Å². The summed E-state index contributed by atoms with van der Waals surface area (Å²) >= 11 is 0. The predicted octanol–water partition coefficient (Wildman–Crippen LogP) is 6.05. The number of carboxylic acids is 1. The lowest BCUT2D eigenvalue weighted by molar-refractivity contribution is -0.141. The van der Waals surface area contributed by atoms with Gasteiger partial charge in [0.25, 0.3) is 5.91 Å². The molecule has 0 aliphatic heterocycles. The minimum atomic E-state index is -5.01. The van der Waals surface area contributed by atoms with E-state index in [9.17, 15) is 40.7 Å². The second-order valence-corrected chi connectivity index (χ2v) is 11.2. The van der Waals surface area contributed by atoms with E-state index in [1.807, 2.05) is 0 Å². The average Bonchev–Trinajstić information content (AvgIpc) is 3.59. The highest BCUT2D eigenvalue weighted by atomic mass is 19.4. The van der Waals surface area contributed by atoms with Crippen molar-refractivity contribution in [1.82, 2.24) is 19.7 Å². The van der Waals surface area contributed by atoms with E-state index < -0.39 is 76.8 Å². The highest BCUT2D eigenvalue weighted by molar-refractivity contribution is 6.03. The van der Waals surface area contributed by atoms with Crippen LogP contribution in [0, 0.1) is 5.92 Å². The number of carboxylic acid groups (broad SMARTS) is 1. The Morgan fingerprint density at radius 1 is 1.13 bits per heavy atom. The first-order chi connectivity index (χ1) is 21.1. The number of anilines is 2. The molecule has 0 aromatic carbocycles. The van der Waals surface area contributed by atoms with Crippen molar-refractivity contribution in [3.8, 4) is 11.5 Å². The van der Waals surface area contributed by atoms with E-state index in [-0.39, 0.29) is 16.4 Å². The summed E-state index contributed by atoms with van der Waals surface area (Å²) in [4.78, 5) is 44.7. The Hall–Kier alpha value is -5.16. The standard InChI is InChI=1S/C28H26F6N6O6/c1-25(2,3)46-24(44)39(14-27(29,30)31)19-11-16(7-10-35-19)22-37-18(13-45-22)21(41)36-17-12-40(38-20(17)28(32,33)34)26(4)8-5-15(6-9-26)23(42)43/h5-13,15H,14H2,1-4H3,(H,36,41)(H,42,43). The number of carbonyl (C=O) groups is 3. The van der Waals surface area contributed by atoms with Gasteiger partial charge in [0.1, 0.15) is 24.2 Å². The van der Waals surface area contributed by atoms with Crippen LogP contribution in [0.1, 0.15) is 43.9 Å². The smallest absolute Gasteiger partial charge is 0.437 e. The number of hydrogen-bond acceptors (Lipinski definition) is 8. The van der Waals surface area contributed by atoms with Crippen molar-refractivity contribution in [1.29, 1.82) is 0 Å². The number of ether oxygens (including phenoxy) is 1. The van der Waals surface area contributed by atoms with Crippen molar-refractivity contribution < 1.29 is 55.0 Å². The van der Waals surface area contributed by atoms with Crippen molar-refractivity contribution in [3.05, 3.63) is 66.5 Å². The molecule has 0 bridgehead atoms. The van der Waals surface area contributed by atoms with E-state index in [1.165, 1.54) is 58.1 Å². The second-order valence-electron chi connectivity index (χ2n) is 11.2. The lowest BCUT2D eigenvalue weighted by Crippen LogP contribution is -2.42. The van der Waals surface area contributed by atoms with Crippen LogP contribution in [0.5, 0.6) is 0 Å². The van der Waals surface area contributed by atoms with Gasteiger partial charge in [0, 0.05) is 11.8 Å². The van der Waals surface area contributed by atoms with Gasteiger partial charge in [-0.05, 0) is 39.8 Å². The van der Waals surface area contributed by atoms with E-state index in [2.05, 4.69) is 20.4 Å². The number of pyridine rings is 1. The van der Waals surface area contributed by atoms with E-state index in [0.29, 0.717) is 0 Å². The molecule has 0 atom stereocenters. The number of aromatic nitrogens is 4. The normalized spacial score (nSPS) is 18.3. The molecular formula is C28H26F6N6O6. The molecule has 4 rings (SSSR count). The molecule has 3 aromatic heterocycles. The quantitative estimate of drug-likeness (QED) is 0.229. The van der Waals surface area contributed by atoms with Crippen LogP contribution in [0.2, 0.25) is 0 Å². The first-order valence-electron chi connectivity index (χ1n) is 13.2. The summed E-state index contributed by atoms with van der Waals surface area (Å²) < 4.78 is 92.7. The molecule has 0 saturated heterocycles. The van der Waals surface area contributed by atoms with E-state index >= 15 is 0 Å². The minimum absolute atomic E-state index is 0.0213. The Morgan fingerprint density at radius 3 is 2.35 bits per heavy atom. The van der Waals surface area contributed by atoms with Gasteiger partial charge in [0.2, 0.25) is 5.89 Å². The Balaban J connectivity index is 1.60. The monoisotopic (exact) mass is 656 g/mol. The van der Waals surface area contributed by atoms with Gasteiger partial charge in [-0.25, -0.2) is 14.8 Å². The highest BCUT2D eigenvalue weighted by Gasteiger charge is 2.40. The van der Waals surface area contributed by atoms with Gasteiger partial charge in [0.05, 0.1) is 23.3 Å². The number of hydrogen-bond donors (Lipinski definition) is 2. The van der Waals surface area contributed by atoms with Crippen LogP contribution in [0.3, 0.4) is 0 Å². The fourth-order valence-corrected chi connectivity index (χ4v) is 4.09. The number of allylic oxidation sites excluding steroid dienone is 2. The zero-order chi connectivity index (χ0) is 34.2. The predicted molar refractivity (Wildman–Crippen MR) is 148 cm³/mol. The summed E-state index contributed by atoms with van der Waals surface area (Å²) in [6.45, 7) is 4.12. The maximum atomic E-state index is 13.9. The number of nitrogens with one attached hydrogen (secondary N) is 1. The number of alkyl halides is 6. The SMILES string of the molecule is CC(C)(C)OC(=O)N(CC(F)(F)F)c1cc(-c2nc(C(=O)Nc3cn(C4(C)C=CC(C(=O)O)C=C4)nc3C(F)(F)F)co2)ccn1. The summed E-state index contributed by atoms with van der Waals surface area (Å²) in [7, 11) is 0. The minimum Gasteiger partial charge on any atom is -0.481 e. The Bertz CT molecular complexity index is 1690. The Kier molecular flexibility index (Phi) is 8.78. The molecule has 0 radical (unpaired) electrons. The zero-order valence-electron chi connectivity index (χ0n) is 24.5. The van der Waals surface area contributed by atoms with Crippen molar-refractivity contribution in [2.45, 2.75) is 51.2 Å². The van der Waals surface area contributed by atoms with Crippen LogP contribution in [0.15, 0.2) is 59.5 Å². The summed E-state index contributed by atoms with van der Waals surface area (Å²) in [5.41, 5.74) is -5.13. The maximum Gasteiger partial charge on any atom is 0.437 e. The molecule has 2 amide bonds. The Morgan fingerprint density at radius 2 is 1.78 bits per heavy atom. The van der Waals surface area contributed by atoms with Crippen LogP contribution in [0.25, 0.3) is 11.5 Å². The van der Waals surface area contributed by atoms with Gasteiger partial charge in [-0.1, -0.05) is 24.3 Å². The average molecular weight is 657 g/mol. The number of nitrogens with zero attached hydrogens (tertiary/aromatic N) is 5. The third kappa shape index (κ3) is 7.91. The van der Waals surface area contributed by atoms with Gasteiger partial charge in [0.15, 0.2) is 11.4 Å². The van der Waals surface area contributed by atoms with Crippen LogP contribution in [-0.2, 0) is 21.2 Å². The van der Waals surface area contributed by atoms with Crippen LogP contribution < -0.4 is 10.2 Å². The van der Waals surface area contributed by atoms with Gasteiger partial charge in [-0.2, -0.15) is 31.4 Å².